The van der Waals surface area contributed by atoms with Crippen molar-refractivity contribution in [3.05, 3.63) is 59.3 Å². The van der Waals surface area contributed by atoms with Gasteiger partial charge in [0.25, 0.3) is 5.91 Å². The average Bonchev–Trinajstić information content (AvgIpc) is 3.39. The van der Waals surface area contributed by atoms with Gasteiger partial charge in [-0.3, -0.25) is 9.20 Å². The second kappa shape index (κ2) is 8.53. The standard InChI is InChI=1S/C24H26ClFN4O3S/c1-3-15(2)34(32,33)20-9-19-11-27-14-29(19)23(10-20)30-17-5-6-18(30)13-28(12-17)24(31)21-7-4-16(26)8-22(21)25/h4,7-11,14-15,17-18H,3,5-6,12-13H2,1-2H3/t15-,17-,18+/m0/s1. The minimum absolute atomic E-state index is 0.0223. The number of nitrogens with zero attached hydrogens (tertiary/aromatic N) is 4. The van der Waals surface area contributed by atoms with E-state index >= 15 is 0 Å². The maximum Gasteiger partial charge on any atom is 0.255 e. The zero-order valence-electron chi connectivity index (χ0n) is 19.0. The summed E-state index contributed by atoms with van der Waals surface area (Å²) in [6, 6.07) is 7.28. The first kappa shape index (κ1) is 23.1. The van der Waals surface area contributed by atoms with Gasteiger partial charge in [-0.2, -0.15) is 0 Å². The van der Waals surface area contributed by atoms with Crippen LogP contribution in [0.2, 0.25) is 5.02 Å². The van der Waals surface area contributed by atoms with Crippen molar-refractivity contribution < 1.29 is 17.6 Å². The largest absolute Gasteiger partial charge is 0.348 e. The smallest absolute Gasteiger partial charge is 0.255 e. The van der Waals surface area contributed by atoms with Gasteiger partial charge in [0.2, 0.25) is 0 Å². The fraction of sp³-hybridized carbons (Fsp3) is 0.417. The Kier molecular flexibility index (Phi) is 5.80. The molecule has 0 saturated carbocycles. The predicted molar refractivity (Wildman–Crippen MR) is 129 cm³/mol. The first-order valence-corrected chi connectivity index (χ1v) is 13.4. The molecule has 34 heavy (non-hydrogen) atoms. The van der Waals surface area contributed by atoms with Crippen molar-refractivity contribution in [2.75, 3.05) is 18.0 Å². The maximum atomic E-state index is 13.5. The molecule has 2 aliphatic heterocycles. The predicted octanol–water partition coefficient (Wildman–Crippen LogP) is 4.19. The number of sulfone groups is 1. The number of hydrogen-bond donors (Lipinski definition) is 0. The summed E-state index contributed by atoms with van der Waals surface area (Å²) in [5.74, 6) is 0.0710. The van der Waals surface area contributed by atoms with Gasteiger partial charge in [-0.05, 0) is 56.5 Å². The zero-order valence-corrected chi connectivity index (χ0v) is 20.6. The van der Waals surface area contributed by atoms with Gasteiger partial charge >= 0.3 is 0 Å². The van der Waals surface area contributed by atoms with E-state index in [2.05, 4.69) is 9.88 Å². The third-order valence-corrected chi connectivity index (χ3v) is 9.70. The second-order valence-corrected chi connectivity index (χ2v) is 11.9. The summed E-state index contributed by atoms with van der Waals surface area (Å²) in [5.41, 5.74) is 1.00. The molecule has 5 rings (SSSR count). The molecule has 2 fully saturated rings. The number of piperazine rings is 1. The molecule has 2 aliphatic rings. The zero-order chi connectivity index (χ0) is 24.2. The molecule has 0 unspecified atom stereocenters. The number of halogens is 2. The first-order chi connectivity index (χ1) is 16.2. The van der Waals surface area contributed by atoms with E-state index in [-0.39, 0.29) is 28.6 Å². The van der Waals surface area contributed by atoms with Gasteiger partial charge in [-0.15, -0.1) is 0 Å². The Morgan fingerprint density at radius 3 is 2.56 bits per heavy atom. The summed E-state index contributed by atoms with van der Waals surface area (Å²) in [4.78, 5) is 21.7. The summed E-state index contributed by atoms with van der Waals surface area (Å²) >= 11 is 6.14. The topological polar surface area (TPSA) is 75.0 Å². The SMILES string of the molecule is CC[C@H](C)S(=O)(=O)c1cc(N2[C@@H]3CC[C@H]2CN(C(=O)c2ccc(F)cc2Cl)C3)n2cncc2c1. The highest BCUT2D eigenvalue weighted by atomic mass is 35.5. The van der Waals surface area contributed by atoms with E-state index in [1.165, 1.54) is 12.1 Å². The van der Waals surface area contributed by atoms with Crippen molar-refractivity contribution in [3.8, 4) is 0 Å². The summed E-state index contributed by atoms with van der Waals surface area (Å²) in [6.07, 6.45) is 5.64. The van der Waals surface area contributed by atoms with Crippen LogP contribution in [0.1, 0.15) is 43.5 Å². The molecule has 0 aliphatic carbocycles. The first-order valence-electron chi connectivity index (χ1n) is 11.4. The van der Waals surface area contributed by atoms with Crippen LogP contribution >= 0.6 is 11.6 Å². The van der Waals surface area contributed by atoms with Crippen LogP contribution in [0.25, 0.3) is 5.52 Å². The van der Waals surface area contributed by atoms with E-state index < -0.39 is 20.9 Å². The molecule has 3 atom stereocenters. The number of pyridine rings is 1. The minimum Gasteiger partial charge on any atom is -0.348 e. The summed E-state index contributed by atoms with van der Waals surface area (Å²) in [6.45, 7) is 4.54. The average molecular weight is 505 g/mol. The minimum atomic E-state index is -3.48. The van der Waals surface area contributed by atoms with E-state index in [9.17, 15) is 17.6 Å². The van der Waals surface area contributed by atoms with E-state index in [0.717, 1.165) is 30.2 Å². The molecule has 3 aromatic rings. The number of hydrogen-bond acceptors (Lipinski definition) is 5. The Morgan fingerprint density at radius 2 is 1.91 bits per heavy atom. The molecule has 2 aromatic heterocycles. The third-order valence-electron chi connectivity index (χ3n) is 7.10. The van der Waals surface area contributed by atoms with Crippen LogP contribution in [0.3, 0.4) is 0 Å². The lowest BCUT2D eigenvalue weighted by Crippen LogP contribution is -2.56. The molecular weight excluding hydrogens is 479 g/mol. The van der Waals surface area contributed by atoms with Gasteiger partial charge < -0.3 is 9.80 Å². The van der Waals surface area contributed by atoms with E-state index in [1.54, 1.807) is 36.5 Å². The lowest BCUT2D eigenvalue weighted by Gasteiger charge is -2.42. The lowest BCUT2D eigenvalue weighted by atomic mass is 10.1. The Morgan fingerprint density at radius 1 is 1.21 bits per heavy atom. The Hall–Kier alpha value is -2.65. The van der Waals surface area contributed by atoms with E-state index in [1.807, 2.05) is 11.3 Å². The molecule has 2 bridgehead atoms. The summed E-state index contributed by atoms with van der Waals surface area (Å²) < 4.78 is 41.7. The van der Waals surface area contributed by atoms with Crippen molar-refractivity contribution in [2.24, 2.45) is 0 Å². The highest BCUT2D eigenvalue weighted by molar-refractivity contribution is 7.92. The van der Waals surface area contributed by atoms with Crippen LogP contribution in [-0.4, -0.2) is 59.0 Å². The number of rotatable bonds is 5. The monoisotopic (exact) mass is 504 g/mol. The van der Waals surface area contributed by atoms with Crippen LogP contribution in [0.15, 0.2) is 47.8 Å². The molecule has 1 amide bonds. The molecule has 1 aromatic carbocycles. The van der Waals surface area contributed by atoms with Crippen LogP contribution < -0.4 is 4.90 Å². The van der Waals surface area contributed by atoms with Gasteiger partial charge in [-0.1, -0.05) is 18.5 Å². The van der Waals surface area contributed by atoms with Crippen molar-refractivity contribution in [2.45, 2.75) is 55.3 Å². The molecule has 4 heterocycles. The molecule has 0 radical (unpaired) electrons. The fourth-order valence-electron chi connectivity index (χ4n) is 5.08. The maximum absolute atomic E-state index is 13.5. The molecule has 7 nitrogen and oxygen atoms in total. The highest BCUT2D eigenvalue weighted by Gasteiger charge is 2.43. The quantitative estimate of drug-likeness (QED) is 0.520. The van der Waals surface area contributed by atoms with Crippen LogP contribution in [-0.2, 0) is 9.84 Å². The molecule has 0 N–H and O–H groups in total. The molecule has 180 valence electrons. The van der Waals surface area contributed by atoms with Crippen LogP contribution in [0.5, 0.6) is 0 Å². The van der Waals surface area contributed by atoms with Gasteiger partial charge in [0.1, 0.15) is 18.0 Å². The number of likely N-dealkylation sites (tertiary alicyclic amines) is 1. The number of carbonyl (C=O) groups is 1. The van der Waals surface area contributed by atoms with Crippen molar-refractivity contribution in [1.82, 2.24) is 14.3 Å². The van der Waals surface area contributed by atoms with Gasteiger partial charge in [0, 0.05) is 25.2 Å². The van der Waals surface area contributed by atoms with Gasteiger partial charge in [0.05, 0.1) is 32.4 Å². The van der Waals surface area contributed by atoms with Gasteiger partial charge in [-0.25, -0.2) is 17.8 Å². The summed E-state index contributed by atoms with van der Waals surface area (Å²) in [5, 5.41) is -0.389. The Bertz CT molecular complexity index is 1360. The summed E-state index contributed by atoms with van der Waals surface area (Å²) in [7, 11) is -3.48. The number of anilines is 1. The molecule has 10 heteroatoms. The molecule has 2 saturated heterocycles. The highest BCUT2D eigenvalue weighted by Crippen LogP contribution is 2.37. The van der Waals surface area contributed by atoms with Crippen LogP contribution in [0, 0.1) is 5.82 Å². The number of fused-ring (bicyclic) bond motifs is 3. The molecular formula is C24H26ClFN4O3S. The number of carbonyl (C=O) groups excluding carboxylic acids is 1. The molecule has 0 spiro atoms. The normalized spacial score (nSPS) is 21.3. The Balaban J connectivity index is 1.49. The fourth-order valence-corrected chi connectivity index (χ4v) is 6.78. The number of aromatic nitrogens is 2. The van der Waals surface area contributed by atoms with Crippen molar-refractivity contribution in [3.63, 3.8) is 0 Å². The Labute approximate surface area is 203 Å². The second-order valence-electron chi connectivity index (χ2n) is 9.13. The number of imidazole rings is 1. The van der Waals surface area contributed by atoms with Gasteiger partial charge in [0.15, 0.2) is 9.84 Å². The number of amides is 1. The third kappa shape index (κ3) is 3.75. The van der Waals surface area contributed by atoms with Crippen molar-refractivity contribution >= 4 is 38.7 Å². The van der Waals surface area contributed by atoms with E-state index in [4.69, 9.17) is 11.6 Å². The lowest BCUT2D eigenvalue weighted by molar-refractivity contribution is 0.0717. The van der Waals surface area contributed by atoms with E-state index in [0.29, 0.717) is 24.4 Å². The van der Waals surface area contributed by atoms with Crippen molar-refractivity contribution in [1.29, 1.82) is 0 Å². The number of benzene rings is 1. The van der Waals surface area contributed by atoms with Crippen LogP contribution in [0.4, 0.5) is 10.2 Å².